The summed E-state index contributed by atoms with van der Waals surface area (Å²) in [5, 5.41) is 16.1. The predicted molar refractivity (Wildman–Crippen MR) is 52.9 cm³/mol. The molecule has 2 heterocycles. The topological polar surface area (TPSA) is 102 Å². The summed E-state index contributed by atoms with van der Waals surface area (Å²) in [4.78, 5) is 14.2. The maximum Gasteiger partial charge on any atom is 0.314 e. The summed E-state index contributed by atoms with van der Waals surface area (Å²) < 4.78 is 10.3. The average molecular weight is 241 g/mol. The molecule has 0 spiro atoms. The van der Waals surface area contributed by atoms with Crippen LogP contribution in [-0.4, -0.2) is 32.0 Å². The van der Waals surface area contributed by atoms with E-state index in [2.05, 4.69) is 15.2 Å². The zero-order valence-corrected chi connectivity index (χ0v) is 9.02. The normalized spacial score (nSPS) is 10.6. The summed E-state index contributed by atoms with van der Waals surface area (Å²) in [5.74, 6) is -0.477. The van der Waals surface area contributed by atoms with Crippen LogP contribution in [0.3, 0.4) is 0 Å². The Morgan fingerprint density at radius 1 is 1.56 bits per heavy atom. The largest absolute Gasteiger partial charge is 0.481 e. The second-order valence-corrected chi connectivity index (χ2v) is 3.75. The van der Waals surface area contributed by atoms with E-state index in [1.54, 1.807) is 6.92 Å². The second-order valence-electron chi connectivity index (χ2n) is 2.82. The van der Waals surface area contributed by atoms with E-state index in [1.165, 1.54) is 6.39 Å². The van der Waals surface area contributed by atoms with Gasteiger partial charge in [0.15, 0.2) is 6.39 Å². The number of nitrogens with zero attached hydrogens (tertiary/aromatic N) is 3. The van der Waals surface area contributed by atoms with Crippen molar-refractivity contribution in [2.75, 3.05) is 5.75 Å². The van der Waals surface area contributed by atoms with Gasteiger partial charge in [-0.25, -0.2) is 4.98 Å². The van der Waals surface area contributed by atoms with Crippen LogP contribution in [0.2, 0.25) is 0 Å². The van der Waals surface area contributed by atoms with Crippen molar-refractivity contribution in [2.45, 2.75) is 12.1 Å². The van der Waals surface area contributed by atoms with Gasteiger partial charge in [-0.2, -0.15) is 0 Å². The lowest BCUT2D eigenvalue weighted by Gasteiger charge is -1.89. The first-order chi connectivity index (χ1) is 7.66. The van der Waals surface area contributed by atoms with Crippen LogP contribution >= 0.6 is 11.8 Å². The van der Waals surface area contributed by atoms with E-state index in [1.807, 2.05) is 0 Å². The average Bonchev–Trinajstić information content (AvgIpc) is 2.83. The van der Waals surface area contributed by atoms with E-state index in [0.29, 0.717) is 11.5 Å². The molecule has 0 aliphatic carbocycles. The Balaban J connectivity index is 2.14. The molecule has 8 heteroatoms. The Bertz CT molecular complexity index is 507. The van der Waals surface area contributed by atoms with Gasteiger partial charge in [0.2, 0.25) is 5.76 Å². The number of aliphatic carboxylic acids is 1. The SMILES string of the molecule is Cc1ncoc1-c1nnc(SCC(=O)O)o1. The summed E-state index contributed by atoms with van der Waals surface area (Å²) in [7, 11) is 0. The van der Waals surface area contributed by atoms with Crippen LogP contribution in [0.15, 0.2) is 20.5 Å². The van der Waals surface area contributed by atoms with Gasteiger partial charge in [-0.15, -0.1) is 10.2 Å². The molecular formula is C8H7N3O4S. The lowest BCUT2D eigenvalue weighted by Crippen LogP contribution is -1.97. The van der Waals surface area contributed by atoms with Gasteiger partial charge in [-0.1, -0.05) is 11.8 Å². The van der Waals surface area contributed by atoms with E-state index in [9.17, 15) is 4.79 Å². The van der Waals surface area contributed by atoms with Crippen molar-refractivity contribution in [3.63, 3.8) is 0 Å². The lowest BCUT2D eigenvalue weighted by atomic mass is 10.4. The number of hydrogen-bond acceptors (Lipinski definition) is 7. The summed E-state index contributed by atoms with van der Waals surface area (Å²) in [5.41, 5.74) is 0.637. The van der Waals surface area contributed by atoms with Crippen molar-refractivity contribution in [1.82, 2.24) is 15.2 Å². The molecule has 0 fully saturated rings. The fourth-order valence-corrected chi connectivity index (χ4v) is 1.47. The minimum Gasteiger partial charge on any atom is -0.481 e. The summed E-state index contributed by atoms with van der Waals surface area (Å²) >= 11 is 0.951. The number of aromatic nitrogens is 3. The fraction of sp³-hybridized carbons (Fsp3) is 0.250. The van der Waals surface area contributed by atoms with Gasteiger partial charge in [-0.05, 0) is 6.92 Å². The Morgan fingerprint density at radius 3 is 3.00 bits per heavy atom. The van der Waals surface area contributed by atoms with Crippen molar-refractivity contribution in [3.05, 3.63) is 12.1 Å². The van der Waals surface area contributed by atoms with Crippen LogP contribution in [0.1, 0.15) is 5.69 Å². The molecule has 2 rings (SSSR count). The smallest absolute Gasteiger partial charge is 0.314 e. The van der Waals surface area contributed by atoms with Gasteiger partial charge >= 0.3 is 5.97 Å². The third-order valence-corrected chi connectivity index (χ3v) is 2.47. The first-order valence-electron chi connectivity index (χ1n) is 4.25. The zero-order valence-electron chi connectivity index (χ0n) is 8.21. The van der Waals surface area contributed by atoms with Crippen molar-refractivity contribution in [3.8, 4) is 11.7 Å². The maximum atomic E-state index is 10.3. The fourth-order valence-electron chi connectivity index (χ4n) is 0.991. The van der Waals surface area contributed by atoms with Crippen LogP contribution in [0.4, 0.5) is 0 Å². The molecule has 0 unspecified atom stereocenters. The highest BCUT2D eigenvalue weighted by atomic mass is 32.2. The maximum absolute atomic E-state index is 10.3. The number of aryl methyl sites for hydroxylation is 1. The minimum absolute atomic E-state index is 0.128. The number of hydrogen-bond donors (Lipinski definition) is 1. The van der Waals surface area contributed by atoms with E-state index >= 15 is 0 Å². The third-order valence-electron chi connectivity index (χ3n) is 1.67. The molecule has 0 aromatic carbocycles. The number of carbonyl (C=O) groups is 1. The molecule has 0 amide bonds. The molecule has 2 aromatic rings. The van der Waals surface area contributed by atoms with Crippen molar-refractivity contribution in [1.29, 1.82) is 0 Å². The first kappa shape index (κ1) is 10.7. The molecule has 0 bridgehead atoms. The molecule has 2 aromatic heterocycles. The quantitative estimate of drug-likeness (QED) is 0.797. The molecule has 0 radical (unpaired) electrons. The summed E-state index contributed by atoms with van der Waals surface area (Å²) in [6.07, 6.45) is 1.28. The van der Waals surface area contributed by atoms with Gasteiger partial charge in [0, 0.05) is 0 Å². The number of oxazole rings is 1. The van der Waals surface area contributed by atoms with E-state index in [-0.39, 0.29) is 16.9 Å². The molecule has 0 saturated heterocycles. The molecule has 0 aliphatic heterocycles. The highest BCUT2D eigenvalue weighted by Crippen LogP contribution is 2.24. The second kappa shape index (κ2) is 4.35. The van der Waals surface area contributed by atoms with Crippen molar-refractivity contribution in [2.24, 2.45) is 0 Å². The van der Waals surface area contributed by atoms with Crippen LogP contribution < -0.4 is 0 Å². The molecule has 0 saturated carbocycles. The Hall–Kier alpha value is -1.83. The monoisotopic (exact) mass is 241 g/mol. The number of thioether (sulfide) groups is 1. The van der Waals surface area contributed by atoms with Crippen molar-refractivity contribution < 1.29 is 18.7 Å². The third kappa shape index (κ3) is 2.22. The Morgan fingerprint density at radius 2 is 2.38 bits per heavy atom. The first-order valence-corrected chi connectivity index (χ1v) is 5.24. The van der Waals surface area contributed by atoms with Gasteiger partial charge in [0.1, 0.15) is 5.75 Å². The van der Waals surface area contributed by atoms with Crippen LogP contribution in [-0.2, 0) is 4.79 Å². The number of carboxylic acids is 1. The van der Waals surface area contributed by atoms with Crippen LogP contribution in [0.5, 0.6) is 0 Å². The Kier molecular flexibility index (Phi) is 2.91. The number of rotatable bonds is 4. The van der Waals surface area contributed by atoms with E-state index in [4.69, 9.17) is 13.9 Å². The lowest BCUT2D eigenvalue weighted by molar-refractivity contribution is -0.133. The van der Waals surface area contributed by atoms with Crippen LogP contribution in [0.25, 0.3) is 11.7 Å². The molecule has 16 heavy (non-hydrogen) atoms. The van der Waals surface area contributed by atoms with Gasteiger partial charge in [0.25, 0.3) is 11.1 Å². The van der Waals surface area contributed by atoms with E-state index in [0.717, 1.165) is 11.8 Å². The van der Waals surface area contributed by atoms with Crippen LogP contribution in [0, 0.1) is 6.92 Å². The zero-order chi connectivity index (χ0) is 11.5. The highest BCUT2D eigenvalue weighted by Gasteiger charge is 2.15. The summed E-state index contributed by atoms with van der Waals surface area (Å²) in [6.45, 7) is 1.74. The van der Waals surface area contributed by atoms with Gasteiger partial charge in [-0.3, -0.25) is 4.79 Å². The molecular weight excluding hydrogens is 234 g/mol. The molecule has 0 atom stereocenters. The Labute approximate surface area is 93.9 Å². The predicted octanol–water partition coefficient (Wildman–Crippen LogP) is 1.21. The van der Waals surface area contributed by atoms with E-state index < -0.39 is 5.97 Å². The molecule has 1 N–H and O–H groups in total. The molecule has 7 nitrogen and oxygen atoms in total. The minimum atomic E-state index is -0.944. The standard InChI is InChI=1S/C8H7N3O4S/c1-4-6(14-3-9-4)7-10-11-8(15-7)16-2-5(12)13/h3H,2H2,1H3,(H,12,13). The summed E-state index contributed by atoms with van der Waals surface area (Å²) in [6, 6.07) is 0. The van der Waals surface area contributed by atoms with Gasteiger partial charge in [0.05, 0.1) is 5.69 Å². The highest BCUT2D eigenvalue weighted by molar-refractivity contribution is 7.99. The van der Waals surface area contributed by atoms with Crippen molar-refractivity contribution >= 4 is 17.7 Å². The number of carboxylic acid groups (broad SMARTS) is 1. The molecule has 84 valence electrons. The molecule has 0 aliphatic rings. The van der Waals surface area contributed by atoms with Gasteiger partial charge < -0.3 is 13.9 Å².